The van der Waals surface area contributed by atoms with Gasteiger partial charge in [0.1, 0.15) is 5.25 Å². The Morgan fingerprint density at radius 1 is 1.45 bits per heavy atom. The lowest BCUT2D eigenvalue weighted by Crippen LogP contribution is -2.22. The lowest BCUT2D eigenvalue weighted by atomic mass is 9.96. The molecule has 112 valence electrons. The fourth-order valence-electron chi connectivity index (χ4n) is 2.73. The van der Waals surface area contributed by atoms with Crippen LogP contribution in [0.1, 0.15) is 57.7 Å². The van der Waals surface area contributed by atoms with E-state index in [-0.39, 0.29) is 11.2 Å². The third-order valence-corrected chi connectivity index (χ3v) is 5.44. The van der Waals surface area contributed by atoms with E-state index < -0.39 is 5.97 Å². The Bertz CT molecular complexity index is 439. The highest BCUT2D eigenvalue weighted by Crippen LogP contribution is 2.28. The monoisotopic (exact) mass is 296 g/mol. The fourth-order valence-corrected chi connectivity index (χ4v) is 3.76. The summed E-state index contributed by atoms with van der Waals surface area (Å²) in [5, 5.41) is 13.5. The highest BCUT2D eigenvalue weighted by Gasteiger charge is 2.22. The second-order valence-electron chi connectivity index (χ2n) is 5.89. The van der Waals surface area contributed by atoms with Gasteiger partial charge in [-0.15, -0.1) is 11.8 Å². The standard InChI is InChI=1S/C15H24N2O2S/c1-11(2)14(15(18)19)20-10-12-8-9-17(16-12)13-6-4-3-5-7-13/h8-9,11,13-14H,3-7,10H2,1-2H3,(H,18,19). The van der Waals surface area contributed by atoms with Crippen molar-refractivity contribution >= 4 is 17.7 Å². The van der Waals surface area contributed by atoms with Gasteiger partial charge >= 0.3 is 5.97 Å². The molecule has 0 aromatic carbocycles. The lowest BCUT2D eigenvalue weighted by Gasteiger charge is -2.21. The van der Waals surface area contributed by atoms with Crippen molar-refractivity contribution in [1.82, 2.24) is 9.78 Å². The van der Waals surface area contributed by atoms with Gasteiger partial charge in [0.05, 0.1) is 11.7 Å². The Kier molecular flexibility index (Phi) is 5.52. The molecule has 0 amide bonds. The summed E-state index contributed by atoms with van der Waals surface area (Å²) in [6.07, 6.45) is 8.42. The molecule has 1 saturated carbocycles. The molecule has 1 aliphatic carbocycles. The Hall–Kier alpha value is -0.970. The number of aliphatic carboxylic acids is 1. The molecule has 20 heavy (non-hydrogen) atoms. The number of carboxylic acid groups (broad SMARTS) is 1. The predicted molar refractivity (Wildman–Crippen MR) is 81.9 cm³/mol. The zero-order valence-electron chi connectivity index (χ0n) is 12.3. The van der Waals surface area contributed by atoms with Gasteiger partial charge in [-0.1, -0.05) is 33.1 Å². The molecule has 1 aromatic rings. The number of hydrogen-bond acceptors (Lipinski definition) is 3. The summed E-state index contributed by atoms with van der Waals surface area (Å²) in [6.45, 7) is 3.90. The van der Waals surface area contributed by atoms with Gasteiger partial charge in [-0.2, -0.15) is 5.10 Å². The number of aromatic nitrogens is 2. The van der Waals surface area contributed by atoms with Gasteiger partial charge in [0, 0.05) is 11.9 Å². The van der Waals surface area contributed by atoms with Crippen LogP contribution in [0.5, 0.6) is 0 Å². The highest BCUT2D eigenvalue weighted by molar-refractivity contribution is 7.99. The zero-order valence-corrected chi connectivity index (χ0v) is 13.1. The van der Waals surface area contributed by atoms with E-state index in [1.807, 2.05) is 19.9 Å². The van der Waals surface area contributed by atoms with Gasteiger partial charge in [-0.3, -0.25) is 9.48 Å². The van der Waals surface area contributed by atoms with Gasteiger partial charge in [-0.05, 0) is 24.8 Å². The van der Waals surface area contributed by atoms with E-state index in [2.05, 4.69) is 16.0 Å². The van der Waals surface area contributed by atoms with E-state index in [0.29, 0.717) is 11.8 Å². The van der Waals surface area contributed by atoms with E-state index in [1.54, 1.807) is 0 Å². The zero-order chi connectivity index (χ0) is 14.5. The first kappa shape index (κ1) is 15.4. The Balaban J connectivity index is 1.90. The molecule has 0 saturated heterocycles. The number of nitrogens with zero attached hydrogens (tertiary/aromatic N) is 2. The minimum absolute atomic E-state index is 0.137. The molecule has 0 radical (unpaired) electrons. The molecule has 1 aliphatic rings. The van der Waals surface area contributed by atoms with Crippen LogP contribution in [0.2, 0.25) is 0 Å². The predicted octanol–water partition coefficient (Wildman–Crippen LogP) is 3.73. The molecule has 1 unspecified atom stereocenters. The summed E-state index contributed by atoms with van der Waals surface area (Å²) in [5.74, 6) is 0.0872. The molecule has 4 nitrogen and oxygen atoms in total. The van der Waals surface area contributed by atoms with Crippen molar-refractivity contribution < 1.29 is 9.90 Å². The van der Waals surface area contributed by atoms with Crippen molar-refractivity contribution in [1.29, 1.82) is 0 Å². The van der Waals surface area contributed by atoms with Gasteiger partial charge in [-0.25, -0.2) is 0 Å². The normalized spacial score (nSPS) is 18.4. The SMILES string of the molecule is CC(C)C(SCc1ccn(C2CCCCC2)n1)C(=O)O. The Morgan fingerprint density at radius 2 is 2.15 bits per heavy atom. The van der Waals surface area contributed by atoms with Crippen LogP contribution in [0.3, 0.4) is 0 Å². The highest BCUT2D eigenvalue weighted by atomic mass is 32.2. The van der Waals surface area contributed by atoms with E-state index in [4.69, 9.17) is 0 Å². The molecule has 0 aliphatic heterocycles. The lowest BCUT2D eigenvalue weighted by molar-refractivity contribution is -0.137. The van der Waals surface area contributed by atoms with E-state index >= 15 is 0 Å². The smallest absolute Gasteiger partial charge is 0.316 e. The maximum atomic E-state index is 11.2. The second-order valence-corrected chi connectivity index (χ2v) is 7.02. The summed E-state index contributed by atoms with van der Waals surface area (Å²) < 4.78 is 2.08. The van der Waals surface area contributed by atoms with Gasteiger partial charge < -0.3 is 5.11 Å². The first-order valence-corrected chi connectivity index (χ1v) is 8.51. The van der Waals surface area contributed by atoms with Crippen molar-refractivity contribution in [3.63, 3.8) is 0 Å². The summed E-state index contributed by atoms with van der Waals surface area (Å²) in [5.41, 5.74) is 0.993. The Labute approximate surface area is 124 Å². The van der Waals surface area contributed by atoms with E-state index in [1.165, 1.54) is 43.9 Å². The number of rotatable bonds is 6. The van der Waals surface area contributed by atoms with E-state index in [0.717, 1.165) is 5.69 Å². The van der Waals surface area contributed by atoms with Crippen molar-refractivity contribution in [2.75, 3.05) is 0 Å². The molecular weight excluding hydrogens is 272 g/mol. The third kappa shape index (κ3) is 4.01. The topological polar surface area (TPSA) is 55.1 Å². The molecule has 2 rings (SSSR count). The first-order valence-electron chi connectivity index (χ1n) is 7.46. The summed E-state index contributed by atoms with van der Waals surface area (Å²) in [6, 6.07) is 2.57. The van der Waals surface area contributed by atoms with Crippen molar-refractivity contribution in [3.05, 3.63) is 18.0 Å². The van der Waals surface area contributed by atoms with Crippen LogP contribution < -0.4 is 0 Å². The van der Waals surface area contributed by atoms with Crippen LogP contribution in [0.25, 0.3) is 0 Å². The minimum Gasteiger partial charge on any atom is -0.480 e. The van der Waals surface area contributed by atoms with Crippen LogP contribution in [0, 0.1) is 5.92 Å². The fraction of sp³-hybridized carbons (Fsp3) is 0.733. The minimum atomic E-state index is -0.725. The molecule has 1 atom stereocenters. The molecule has 0 bridgehead atoms. The van der Waals surface area contributed by atoms with Crippen LogP contribution in [0.15, 0.2) is 12.3 Å². The molecule has 1 N–H and O–H groups in total. The van der Waals surface area contributed by atoms with Gasteiger partial charge in [0.2, 0.25) is 0 Å². The number of carboxylic acids is 1. The average molecular weight is 296 g/mol. The Morgan fingerprint density at radius 3 is 2.75 bits per heavy atom. The molecule has 1 heterocycles. The van der Waals surface area contributed by atoms with Crippen molar-refractivity contribution in [2.45, 2.75) is 63.0 Å². The van der Waals surface area contributed by atoms with Gasteiger partial charge in [0.15, 0.2) is 0 Å². The van der Waals surface area contributed by atoms with Crippen LogP contribution in [0.4, 0.5) is 0 Å². The summed E-state index contributed by atoms with van der Waals surface area (Å²) >= 11 is 1.48. The van der Waals surface area contributed by atoms with Crippen molar-refractivity contribution in [2.24, 2.45) is 5.92 Å². The number of thioether (sulfide) groups is 1. The average Bonchev–Trinajstić information content (AvgIpc) is 2.88. The largest absolute Gasteiger partial charge is 0.480 e. The van der Waals surface area contributed by atoms with Crippen molar-refractivity contribution in [3.8, 4) is 0 Å². The van der Waals surface area contributed by atoms with Crippen LogP contribution >= 0.6 is 11.8 Å². The second kappa shape index (κ2) is 7.16. The molecule has 1 aromatic heterocycles. The van der Waals surface area contributed by atoms with Gasteiger partial charge in [0.25, 0.3) is 0 Å². The molecule has 5 heteroatoms. The number of hydrogen-bond donors (Lipinski definition) is 1. The summed E-state index contributed by atoms with van der Waals surface area (Å²) in [7, 11) is 0. The number of carbonyl (C=O) groups is 1. The summed E-state index contributed by atoms with van der Waals surface area (Å²) in [4.78, 5) is 11.2. The maximum Gasteiger partial charge on any atom is 0.316 e. The van der Waals surface area contributed by atoms with E-state index in [9.17, 15) is 9.90 Å². The van der Waals surface area contributed by atoms with Crippen LogP contribution in [-0.4, -0.2) is 26.1 Å². The molecule has 1 fully saturated rings. The molecule has 0 spiro atoms. The van der Waals surface area contributed by atoms with Crippen LogP contribution in [-0.2, 0) is 10.5 Å². The molecular formula is C15H24N2O2S. The maximum absolute atomic E-state index is 11.2. The first-order chi connectivity index (χ1) is 9.58. The quantitative estimate of drug-likeness (QED) is 0.869. The third-order valence-electron chi connectivity index (χ3n) is 3.87.